The Balaban J connectivity index is 3.05. The molecule has 0 aliphatic carbocycles. The third-order valence-corrected chi connectivity index (χ3v) is 2.69. The fourth-order valence-corrected chi connectivity index (χ4v) is 1.66. The van der Waals surface area contributed by atoms with Gasteiger partial charge in [0.25, 0.3) is 0 Å². The number of rotatable bonds is 3. The van der Waals surface area contributed by atoms with Crippen molar-refractivity contribution >= 4 is 0 Å². The van der Waals surface area contributed by atoms with Crippen LogP contribution in [0.15, 0.2) is 24.3 Å². The molecular formula is C13H16N3+. The normalized spacial score (nSPS) is 12.6. The van der Waals surface area contributed by atoms with Crippen molar-refractivity contribution in [1.82, 2.24) is 0 Å². The fourth-order valence-electron chi connectivity index (χ4n) is 1.66. The molecule has 0 N–H and O–H groups in total. The highest BCUT2D eigenvalue weighted by molar-refractivity contribution is 5.26. The highest BCUT2D eigenvalue weighted by Gasteiger charge is 2.29. The fraction of sp³-hybridized carbons (Fsp3) is 0.385. The van der Waals surface area contributed by atoms with Gasteiger partial charge in [-0.15, -0.1) is 0 Å². The third-order valence-electron chi connectivity index (χ3n) is 2.69. The average molecular weight is 214 g/mol. The van der Waals surface area contributed by atoms with E-state index in [4.69, 9.17) is 5.26 Å². The topological polar surface area (TPSA) is 47.6 Å². The van der Waals surface area contributed by atoms with Crippen LogP contribution in [0.25, 0.3) is 0 Å². The van der Waals surface area contributed by atoms with Gasteiger partial charge in [-0.3, -0.25) is 4.48 Å². The zero-order valence-corrected chi connectivity index (χ0v) is 9.94. The van der Waals surface area contributed by atoms with Crippen molar-refractivity contribution in [2.75, 3.05) is 20.6 Å². The molecule has 0 aliphatic heterocycles. The molecule has 3 heteroatoms. The molecule has 0 aliphatic rings. The molecule has 1 unspecified atom stereocenters. The number of nitriles is 2. The lowest BCUT2D eigenvalue weighted by Gasteiger charge is -2.31. The molecule has 1 rings (SSSR count). The van der Waals surface area contributed by atoms with E-state index in [9.17, 15) is 5.26 Å². The maximum atomic E-state index is 9.24. The number of quaternary nitrogens is 1. The molecule has 0 saturated heterocycles. The summed E-state index contributed by atoms with van der Waals surface area (Å²) in [7, 11) is 3.80. The molecule has 0 spiro atoms. The van der Waals surface area contributed by atoms with E-state index in [1.54, 1.807) is 0 Å². The Morgan fingerprint density at radius 2 is 1.75 bits per heavy atom. The van der Waals surface area contributed by atoms with Crippen LogP contribution in [0.2, 0.25) is 0 Å². The maximum Gasteiger partial charge on any atom is 0.202 e. The van der Waals surface area contributed by atoms with Gasteiger partial charge < -0.3 is 0 Å². The van der Waals surface area contributed by atoms with Crippen LogP contribution >= 0.6 is 0 Å². The summed E-state index contributed by atoms with van der Waals surface area (Å²) in [6.07, 6.45) is 0. The molecule has 82 valence electrons. The van der Waals surface area contributed by atoms with Crippen LogP contribution in [-0.4, -0.2) is 25.1 Å². The smallest absolute Gasteiger partial charge is 0.202 e. The van der Waals surface area contributed by atoms with E-state index >= 15 is 0 Å². The second-order valence-electron chi connectivity index (χ2n) is 4.54. The summed E-state index contributed by atoms with van der Waals surface area (Å²) in [6, 6.07) is 12.0. The van der Waals surface area contributed by atoms with Gasteiger partial charge in [-0.2, -0.15) is 10.5 Å². The first-order chi connectivity index (χ1) is 7.51. The molecule has 1 aromatic rings. The van der Waals surface area contributed by atoms with Crippen molar-refractivity contribution in [3.63, 3.8) is 0 Å². The van der Waals surface area contributed by atoms with Crippen molar-refractivity contribution in [3.8, 4) is 12.1 Å². The largest absolute Gasteiger partial charge is 0.299 e. The first kappa shape index (κ1) is 12.2. The Kier molecular flexibility index (Phi) is 3.66. The van der Waals surface area contributed by atoms with Crippen LogP contribution in [0.3, 0.4) is 0 Å². The average Bonchev–Trinajstić information content (AvgIpc) is 2.21. The lowest BCUT2D eigenvalue weighted by atomic mass is 10.0. The summed E-state index contributed by atoms with van der Waals surface area (Å²) in [5, 5.41) is 18.0. The molecule has 0 fully saturated rings. The Morgan fingerprint density at radius 1 is 1.19 bits per heavy atom. The molecule has 0 heterocycles. The molecule has 0 saturated carbocycles. The zero-order chi connectivity index (χ0) is 12.2. The summed E-state index contributed by atoms with van der Waals surface area (Å²) in [6.45, 7) is 2.34. The van der Waals surface area contributed by atoms with Gasteiger partial charge in [-0.25, -0.2) is 0 Å². The van der Waals surface area contributed by atoms with Crippen molar-refractivity contribution < 1.29 is 4.48 Å². The molecular weight excluding hydrogens is 198 g/mol. The minimum atomic E-state index is -0.291. The molecule has 0 amide bonds. The Morgan fingerprint density at radius 3 is 2.19 bits per heavy atom. The molecule has 0 aromatic heterocycles. The van der Waals surface area contributed by atoms with Crippen molar-refractivity contribution in [2.24, 2.45) is 0 Å². The van der Waals surface area contributed by atoms with E-state index in [-0.39, 0.29) is 6.04 Å². The Labute approximate surface area is 96.7 Å². The quantitative estimate of drug-likeness (QED) is 0.572. The SMILES string of the molecule is Cc1ccc(C(C#N)[N+](C)(C)CC#N)cc1. The zero-order valence-electron chi connectivity index (χ0n) is 9.94. The number of hydrogen-bond donors (Lipinski definition) is 0. The number of aryl methyl sites for hydroxylation is 1. The van der Waals surface area contributed by atoms with Crippen LogP contribution in [0.1, 0.15) is 17.2 Å². The van der Waals surface area contributed by atoms with Gasteiger partial charge in [0, 0.05) is 5.56 Å². The summed E-state index contributed by atoms with van der Waals surface area (Å²) >= 11 is 0. The van der Waals surface area contributed by atoms with E-state index < -0.39 is 0 Å². The second kappa shape index (κ2) is 4.79. The molecule has 3 nitrogen and oxygen atoms in total. The maximum absolute atomic E-state index is 9.24. The van der Waals surface area contributed by atoms with E-state index in [1.807, 2.05) is 45.3 Å². The van der Waals surface area contributed by atoms with Crippen molar-refractivity contribution in [1.29, 1.82) is 10.5 Å². The highest BCUT2D eigenvalue weighted by atomic mass is 15.3. The van der Waals surface area contributed by atoms with Gasteiger partial charge in [-0.05, 0) is 6.92 Å². The van der Waals surface area contributed by atoms with Gasteiger partial charge >= 0.3 is 0 Å². The predicted molar refractivity (Wildman–Crippen MR) is 62.1 cm³/mol. The number of nitrogens with zero attached hydrogens (tertiary/aromatic N) is 3. The van der Waals surface area contributed by atoms with Crippen LogP contribution in [0, 0.1) is 29.6 Å². The lowest BCUT2D eigenvalue weighted by Crippen LogP contribution is -2.42. The van der Waals surface area contributed by atoms with Gasteiger partial charge in [0.1, 0.15) is 12.1 Å². The number of benzene rings is 1. The van der Waals surface area contributed by atoms with Crippen molar-refractivity contribution in [3.05, 3.63) is 35.4 Å². The van der Waals surface area contributed by atoms with Crippen LogP contribution in [0.4, 0.5) is 0 Å². The predicted octanol–water partition coefficient (Wildman–Crippen LogP) is 2.16. The minimum absolute atomic E-state index is 0.291. The van der Waals surface area contributed by atoms with Crippen LogP contribution < -0.4 is 0 Å². The number of hydrogen-bond acceptors (Lipinski definition) is 2. The summed E-state index contributed by atoms with van der Waals surface area (Å²) < 4.78 is 0.371. The first-order valence-corrected chi connectivity index (χ1v) is 5.17. The third kappa shape index (κ3) is 2.59. The summed E-state index contributed by atoms with van der Waals surface area (Å²) in [5.41, 5.74) is 2.14. The highest BCUT2D eigenvalue weighted by Crippen LogP contribution is 2.24. The van der Waals surface area contributed by atoms with Gasteiger partial charge in [0.05, 0.1) is 14.1 Å². The van der Waals surface area contributed by atoms with Crippen LogP contribution in [0.5, 0.6) is 0 Å². The van der Waals surface area contributed by atoms with E-state index in [0.717, 1.165) is 5.56 Å². The lowest BCUT2D eigenvalue weighted by molar-refractivity contribution is -0.906. The van der Waals surface area contributed by atoms with Crippen LogP contribution in [-0.2, 0) is 0 Å². The van der Waals surface area contributed by atoms with E-state index in [1.165, 1.54) is 5.56 Å². The Hall–Kier alpha value is -1.84. The Bertz CT molecular complexity index is 432. The monoisotopic (exact) mass is 214 g/mol. The second-order valence-corrected chi connectivity index (χ2v) is 4.54. The van der Waals surface area contributed by atoms with Gasteiger partial charge in [0.15, 0.2) is 6.54 Å². The molecule has 16 heavy (non-hydrogen) atoms. The molecule has 0 bridgehead atoms. The van der Waals surface area contributed by atoms with E-state index in [0.29, 0.717) is 11.0 Å². The molecule has 1 aromatic carbocycles. The summed E-state index contributed by atoms with van der Waals surface area (Å²) in [4.78, 5) is 0. The van der Waals surface area contributed by atoms with Crippen molar-refractivity contribution in [2.45, 2.75) is 13.0 Å². The standard InChI is InChI=1S/C13H16N3/c1-11-4-6-12(7-5-11)13(10-15)16(2,3)9-8-14/h4-7,13H,9H2,1-3H3/q+1. The van der Waals surface area contributed by atoms with Gasteiger partial charge in [0.2, 0.25) is 6.04 Å². The molecule has 0 radical (unpaired) electrons. The first-order valence-electron chi connectivity index (χ1n) is 5.17. The minimum Gasteiger partial charge on any atom is -0.299 e. The van der Waals surface area contributed by atoms with Gasteiger partial charge in [-0.1, -0.05) is 29.8 Å². The summed E-state index contributed by atoms with van der Waals surface area (Å²) in [5.74, 6) is 0. The van der Waals surface area contributed by atoms with E-state index in [2.05, 4.69) is 12.1 Å². The molecule has 1 atom stereocenters.